The van der Waals surface area contributed by atoms with Gasteiger partial charge in [-0.25, -0.2) is 4.79 Å². The van der Waals surface area contributed by atoms with Crippen molar-refractivity contribution in [3.8, 4) is 0 Å². The Hall–Kier alpha value is -1.85. The van der Waals surface area contributed by atoms with Gasteiger partial charge in [0.2, 0.25) is 0 Å². The van der Waals surface area contributed by atoms with Crippen LogP contribution in [0.5, 0.6) is 0 Å². The highest BCUT2D eigenvalue weighted by Gasteiger charge is 2.50. The van der Waals surface area contributed by atoms with Crippen LogP contribution in [0.4, 0.5) is 4.79 Å². The molecule has 0 aromatic heterocycles. The normalized spacial score (nSPS) is 17.5. The quantitative estimate of drug-likeness (QED) is 0.768. The maximum Gasteiger partial charge on any atom is 0.410 e. The van der Waals surface area contributed by atoms with Gasteiger partial charge in [0, 0.05) is 25.1 Å². The zero-order valence-electron chi connectivity index (χ0n) is 15.4. The molecule has 0 radical (unpaired) electrons. The Morgan fingerprint density at radius 3 is 2.52 bits per heavy atom. The molecule has 25 heavy (non-hydrogen) atoms. The van der Waals surface area contributed by atoms with Gasteiger partial charge in [0.15, 0.2) is 0 Å². The molecule has 1 N–H and O–H groups in total. The molecule has 5 heteroatoms. The van der Waals surface area contributed by atoms with E-state index in [-0.39, 0.29) is 24.2 Å². The number of hydrogen-bond acceptors (Lipinski definition) is 4. The minimum atomic E-state index is -0.516. The van der Waals surface area contributed by atoms with E-state index in [0.717, 1.165) is 5.56 Å². The summed E-state index contributed by atoms with van der Waals surface area (Å²) in [4.78, 5) is 13.8. The van der Waals surface area contributed by atoms with Crippen LogP contribution in [0.2, 0.25) is 0 Å². The summed E-state index contributed by atoms with van der Waals surface area (Å²) in [7, 11) is 0. The summed E-state index contributed by atoms with van der Waals surface area (Å²) in [5, 5.41) is 9.42. The fraction of sp³-hybridized carbons (Fsp3) is 0.550. The lowest BCUT2D eigenvalue weighted by molar-refractivity contribution is -0.107. The minimum Gasteiger partial charge on any atom is -0.444 e. The molecule has 1 aliphatic rings. The summed E-state index contributed by atoms with van der Waals surface area (Å²) < 4.78 is 11.5. The van der Waals surface area contributed by atoms with E-state index in [1.807, 2.05) is 57.2 Å². The van der Waals surface area contributed by atoms with Gasteiger partial charge in [-0.2, -0.15) is 0 Å². The van der Waals surface area contributed by atoms with E-state index in [9.17, 15) is 9.90 Å². The second kappa shape index (κ2) is 8.02. The third-order valence-electron chi connectivity index (χ3n) is 4.36. The number of nitrogens with zero attached hydrogens (tertiary/aromatic N) is 1. The SMILES string of the molecule is C=CC1(C(CCO)OCc2ccccc2)CN(C(=O)OC(C)(C)C)C1. The average molecular weight is 347 g/mol. The van der Waals surface area contributed by atoms with Gasteiger partial charge in [0.05, 0.1) is 12.7 Å². The Morgan fingerprint density at radius 2 is 2.00 bits per heavy atom. The van der Waals surface area contributed by atoms with Crippen LogP contribution < -0.4 is 0 Å². The molecule has 1 saturated heterocycles. The Kier molecular flexibility index (Phi) is 6.25. The number of rotatable bonds is 7. The van der Waals surface area contributed by atoms with Crippen molar-refractivity contribution < 1.29 is 19.4 Å². The van der Waals surface area contributed by atoms with Crippen molar-refractivity contribution in [3.05, 3.63) is 48.6 Å². The zero-order valence-corrected chi connectivity index (χ0v) is 15.4. The standard InChI is InChI=1S/C20H29NO4/c1-5-20(14-21(15-20)18(23)25-19(2,3)4)17(11-12-22)24-13-16-9-7-6-8-10-16/h5-10,17,22H,1,11-15H2,2-4H3. The summed E-state index contributed by atoms with van der Waals surface area (Å²) in [6.07, 6.45) is 1.82. The van der Waals surface area contributed by atoms with Gasteiger partial charge >= 0.3 is 6.09 Å². The second-order valence-corrected chi connectivity index (χ2v) is 7.57. The van der Waals surface area contributed by atoms with Gasteiger partial charge in [-0.05, 0) is 32.8 Å². The van der Waals surface area contributed by atoms with Crippen molar-refractivity contribution in [2.45, 2.75) is 45.5 Å². The number of likely N-dealkylation sites (tertiary alicyclic amines) is 1. The number of aliphatic hydroxyl groups is 1. The van der Waals surface area contributed by atoms with Gasteiger partial charge in [0.25, 0.3) is 0 Å². The Labute approximate surface area is 150 Å². The van der Waals surface area contributed by atoms with Crippen LogP contribution in [0.15, 0.2) is 43.0 Å². The average Bonchev–Trinajstić information content (AvgIpc) is 2.51. The first-order chi connectivity index (χ1) is 11.8. The van der Waals surface area contributed by atoms with Crippen LogP contribution >= 0.6 is 0 Å². The van der Waals surface area contributed by atoms with Crippen LogP contribution in [0.1, 0.15) is 32.8 Å². The van der Waals surface area contributed by atoms with Crippen LogP contribution in [0.3, 0.4) is 0 Å². The first-order valence-electron chi connectivity index (χ1n) is 8.67. The van der Waals surface area contributed by atoms with Crippen molar-refractivity contribution in [2.24, 2.45) is 5.41 Å². The van der Waals surface area contributed by atoms with Gasteiger partial charge < -0.3 is 19.5 Å². The number of amides is 1. The van der Waals surface area contributed by atoms with Crippen LogP contribution in [0, 0.1) is 5.41 Å². The van der Waals surface area contributed by atoms with Gasteiger partial charge in [0.1, 0.15) is 5.60 Å². The lowest BCUT2D eigenvalue weighted by Gasteiger charge is -2.52. The molecule has 1 aliphatic heterocycles. The van der Waals surface area contributed by atoms with E-state index >= 15 is 0 Å². The third-order valence-corrected chi connectivity index (χ3v) is 4.36. The number of hydrogen-bond donors (Lipinski definition) is 1. The summed E-state index contributed by atoms with van der Waals surface area (Å²) in [6.45, 7) is 11.0. The lowest BCUT2D eigenvalue weighted by atomic mass is 9.74. The number of carbonyl (C=O) groups is 1. The predicted octanol–water partition coefficient (Wildman–Crippen LogP) is 3.38. The number of carbonyl (C=O) groups excluding carboxylic acids is 1. The largest absolute Gasteiger partial charge is 0.444 e. The molecule has 0 saturated carbocycles. The maximum absolute atomic E-state index is 12.2. The molecule has 5 nitrogen and oxygen atoms in total. The molecule has 2 rings (SSSR count). The van der Waals surface area contributed by atoms with Gasteiger partial charge in [-0.1, -0.05) is 36.4 Å². The Morgan fingerprint density at radius 1 is 1.36 bits per heavy atom. The first kappa shape index (κ1) is 19.5. The second-order valence-electron chi connectivity index (χ2n) is 7.57. The highest BCUT2D eigenvalue weighted by atomic mass is 16.6. The first-order valence-corrected chi connectivity index (χ1v) is 8.67. The Bertz CT molecular complexity index is 573. The number of aliphatic hydroxyl groups excluding tert-OH is 1. The topological polar surface area (TPSA) is 59.0 Å². The molecule has 1 atom stereocenters. The van der Waals surface area contributed by atoms with E-state index in [0.29, 0.717) is 26.1 Å². The molecule has 1 heterocycles. The highest BCUT2D eigenvalue weighted by Crippen LogP contribution is 2.39. The highest BCUT2D eigenvalue weighted by molar-refractivity contribution is 5.69. The van der Waals surface area contributed by atoms with Crippen LogP contribution in [0.25, 0.3) is 0 Å². The monoisotopic (exact) mass is 347 g/mol. The van der Waals surface area contributed by atoms with E-state index in [2.05, 4.69) is 6.58 Å². The predicted molar refractivity (Wildman–Crippen MR) is 97.2 cm³/mol. The van der Waals surface area contributed by atoms with Crippen molar-refractivity contribution in [3.63, 3.8) is 0 Å². The maximum atomic E-state index is 12.2. The molecule has 0 spiro atoms. The summed E-state index contributed by atoms with van der Waals surface area (Å²) in [6, 6.07) is 9.91. The summed E-state index contributed by atoms with van der Waals surface area (Å²) in [5.41, 5.74) is 0.208. The van der Waals surface area contributed by atoms with E-state index in [4.69, 9.17) is 9.47 Å². The Balaban J connectivity index is 1.98. The molecule has 1 amide bonds. The lowest BCUT2D eigenvalue weighted by Crippen LogP contribution is -2.63. The minimum absolute atomic E-state index is 0.0292. The molecule has 138 valence electrons. The molecular weight excluding hydrogens is 318 g/mol. The van der Waals surface area contributed by atoms with E-state index in [1.165, 1.54) is 0 Å². The zero-order chi connectivity index (χ0) is 18.5. The van der Waals surface area contributed by atoms with Crippen LogP contribution in [-0.2, 0) is 16.1 Å². The van der Waals surface area contributed by atoms with Crippen molar-refractivity contribution in [2.75, 3.05) is 19.7 Å². The number of benzene rings is 1. The van der Waals surface area contributed by atoms with Crippen molar-refractivity contribution >= 4 is 6.09 Å². The smallest absolute Gasteiger partial charge is 0.410 e. The molecule has 0 aliphatic carbocycles. The third kappa shape index (κ3) is 5.06. The summed E-state index contributed by atoms with van der Waals surface area (Å²) in [5.74, 6) is 0. The van der Waals surface area contributed by atoms with E-state index in [1.54, 1.807) is 4.90 Å². The van der Waals surface area contributed by atoms with Gasteiger partial charge in [-0.3, -0.25) is 0 Å². The number of ether oxygens (including phenoxy) is 2. The van der Waals surface area contributed by atoms with Crippen molar-refractivity contribution in [1.29, 1.82) is 0 Å². The molecule has 1 aromatic carbocycles. The molecular formula is C20H29NO4. The van der Waals surface area contributed by atoms with Gasteiger partial charge in [-0.15, -0.1) is 6.58 Å². The summed E-state index contributed by atoms with van der Waals surface area (Å²) >= 11 is 0. The molecule has 1 unspecified atom stereocenters. The van der Waals surface area contributed by atoms with Crippen LogP contribution in [-0.4, -0.2) is 47.5 Å². The fourth-order valence-electron chi connectivity index (χ4n) is 3.01. The van der Waals surface area contributed by atoms with E-state index < -0.39 is 5.60 Å². The molecule has 0 bridgehead atoms. The van der Waals surface area contributed by atoms with Crippen molar-refractivity contribution in [1.82, 2.24) is 4.90 Å². The molecule has 1 aromatic rings. The molecule has 1 fully saturated rings. The fourth-order valence-corrected chi connectivity index (χ4v) is 3.01.